The Labute approximate surface area is 306 Å². The monoisotopic (exact) mass is 726 g/mol. The van der Waals surface area contributed by atoms with Crippen LogP contribution in [0.5, 0.6) is 17.2 Å². The van der Waals surface area contributed by atoms with Crippen molar-refractivity contribution in [2.24, 2.45) is 5.41 Å². The Kier molecular flexibility index (Phi) is 8.72. The molecule has 0 radical (unpaired) electrons. The fraction of sp³-hybridized carbons (Fsp3) is 0.359. The zero-order valence-electron chi connectivity index (χ0n) is 29.0. The smallest absolute Gasteiger partial charge is 0.247 e. The molecule has 1 aliphatic carbocycles. The molecule has 0 atom stereocenters. The molecule has 1 amide bonds. The van der Waals surface area contributed by atoms with Gasteiger partial charge in [0.2, 0.25) is 5.91 Å². The van der Waals surface area contributed by atoms with Gasteiger partial charge < -0.3 is 29.3 Å². The first-order chi connectivity index (χ1) is 24.8. The van der Waals surface area contributed by atoms with Crippen molar-refractivity contribution < 1.29 is 19.0 Å². The van der Waals surface area contributed by atoms with E-state index in [0.717, 1.165) is 47.7 Å². The Hall–Kier alpha value is -4.51. The number of hydrogen-bond acceptors (Lipinski definition) is 8. The predicted molar refractivity (Wildman–Crippen MR) is 203 cm³/mol. The van der Waals surface area contributed by atoms with Crippen LogP contribution >= 0.6 is 23.2 Å². The number of halogens is 2. The quantitative estimate of drug-likeness (QED) is 0.152. The molecule has 5 aromatic rings. The number of carbonyl (C=O) groups excluding carboxylic acids is 1. The third kappa shape index (κ3) is 5.93. The molecule has 3 fully saturated rings. The molecule has 0 bridgehead atoms. The summed E-state index contributed by atoms with van der Waals surface area (Å²) in [6, 6.07) is 10.4. The van der Waals surface area contributed by atoms with Crippen molar-refractivity contribution in [3.8, 4) is 39.6 Å². The van der Waals surface area contributed by atoms with E-state index in [1.165, 1.54) is 44.8 Å². The number of imidazole rings is 1. The number of methoxy groups -OCH3 is 3. The fourth-order valence-electron chi connectivity index (χ4n) is 7.98. The van der Waals surface area contributed by atoms with Crippen LogP contribution in [0.15, 0.2) is 61.6 Å². The van der Waals surface area contributed by atoms with Crippen LogP contribution < -0.4 is 24.4 Å². The summed E-state index contributed by atoms with van der Waals surface area (Å²) in [6.45, 7) is 7.93. The second kappa shape index (κ2) is 13.2. The topological polar surface area (TPSA) is 93.5 Å². The number of pyridine rings is 2. The molecule has 2 saturated heterocycles. The molecule has 12 heteroatoms. The first kappa shape index (κ1) is 33.6. The lowest BCUT2D eigenvalue weighted by atomic mass is 9.77. The van der Waals surface area contributed by atoms with E-state index in [0.29, 0.717) is 55.4 Å². The minimum atomic E-state index is -0.273. The van der Waals surface area contributed by atoms with E-state index in [2.05, 4.69) is 21.7 Å². The number of hydrogen-bond donors (Lipinski definition) is 1. The summed E-state index contributed by atoms with van der Waals surface area (Å²) in [7, 11) is 4.76. The molecule has 264 valence electrons. The van der Waals surface area contributed by atoms with E-state index in [9.17, 15) is 4.79 Å². The summed E-state index contributed by atoms with van der Waals surface area (Å²) in [5.74, 6) is 1.26. The molecule has 3 aliphatic rings. The Morgan fingerprint density at radius 2 is 1.63 bits per heavy atom. The van der Waals surface area contributed by atoms with Crippen LogP contribution in [0, 0.1) is 5.41 Å². The molecule has 2 aromatic carbocycles. The number of carbonyl (C=O) groups is 1. The Morgan fingerprint density at radius 1 is 0.922 bits per heavy atom. The number of likely N-dealkylation sites (tertiary alicyclic amines) is 1. The van der Waals surface area contributed by atoms with Gasteiger partial charge in [0.05, 0.1) is 54.0 Å². The second-order valence-corrected chi connectivity index (χ2v) is 14.5. The Balaban J connectivity index is 1.20. The summed E-state index contributed by atoms with van der Waals surface area (Å²) in [6.07, 6.45) is 13.0. The van der Waals surface area contributed by atoms with Crippen molar-refractivity contribution in [1.29, 1.82) is 0 Å². The lowest BCUT2D eigenvalue weighted by molar-refractivity contribution is -0.111. The maximum absolute atomic E-state index is 12.8. The first-order valence-corrected chi connectivity index (χ1v) is 18.0. The van der Waals surface area contributed by atoms with Gasteiger partial charge in [-0.15, -0.1) is 0 Å². The summed E-state index contributed by atoms with van der Waals surface area (Å²) in [5, 5.41) is 4.62. The lowest BCUT2D eigenvalue weighted by Gasteiger charge is -2.39. The normalized spacial score (nSPS) is 17.3. The standard InChI is InChI=1S/C39H40Cl2N6O4/c1-5-34(48)44-28-17-25(31(49-2)19-30(28)46-14-10-39(22-46)8-12-45(13-9-39)24-6-7-24)27-18-29-23(21-43-27)16-26(38-42-11-15-47(29)38)35-36(40)32(50-3)20-33(51-4)37(35)41/h5,11,15-21,24H,1,6-10,12-14,22H2,2-4H3,(H,44,48). The average molecular weight is 728 g/mol. The van der Waals surface area contributed by atoms with Crippen LogP contribution in [-0.2, 0) is 4.79 Å². The maximum atomic E-state index is 12.8. The van der Waals surface area contributed by atoms with Gasteiger partial charge in [0.15, 0.2) is 0 Å². The third-order valence-electron chi connectivity index (χ3n) is 10.9. The molecular formula is C39H40Cl2N6O4. The molecule has 0 unspecified atom stereocenters. The van der Waals surface area contributed by atoms with Crippen LogP contribution in [0.2, 0.25) is 10.0 Å². The molecular weight excluding hydrogens is 687 g/mol. The van der Waals surface area contributed by atoms with Gasteiger partial charge in [-0.2, -0.15) is 0 Å². The van der Waals surface area contributed by atoms with Crippen LogP contribution in [0.3, 0.4) is 0 Å². The number of amides is 1. The molecule has 1 saturated carbocycles. The van der Waals surface area contributed by atoms with Crippen molar-refractivity contribution in [2.75, 3.05) is 57.7 Å². The van der Waals surface area contributed by atoms with Crippen LogP contribution in [0.1, 0.15) is 32.1 Å². The number of piperidine rings is 1. The highest BCUT2D eigenvalue weighted by Crippen LogP contribution is 2.49. The van der Waals surface area contributed by atoms with Gasteiger partial charge in [0, 0.05) is 71.9 Å². The summed E-state index contributed by atoms with van der Waals surface area (Å²) < 4.78 is 19.1. The zero-order valence-corrected chi connectivity index (χ0v) is 30.5. The van der Waals surface area contributed by atoms with Crippen molar-refractivity contribution in [3.63, 3.8) is 0 Å². The van der Waals surface area contributed by atoms with Gasteiger partial charge in [0.25, 0.3) is 0 Å². The van der Waals surface area contributed by atoms with Gasteiger partial charge >= 0.3 is 0 Å². The maximum Gasteiger partial charge on any atom is 0.247 e. The summed E-state index contributed by atoms with van der Waals surface area (Å²) in [4.78, 5) is 27.5. The molecule has 51 heavy (non-hydrogen) atoms. The van der Waals surface area contributed by atoms with E-state index < -0.39 is 0 Å². The van der Waals surface area contributed by atoms with Gasteiger partial charge in [-0.1, -0.05) is 29.8 Å². The van der Waals surface area contributed by atoms with Crippen molar-refractivity contribution >= 4 is 57.0 Å². The zero-order chi connectivity index (χ0) is 35.4. The Morgan fingerprint density at radius 3 is 2.29 bits per heavy atom. The number of aromatic nitrogens is 3. The van der Waals surface area contributed by atoms with Crippen molar-refractivity contribution in [3.05, 3.63) is 71.6 Å². The minimum Gasteiger partial charge on any atom is -0.496 e. The van der Waals surface area contributed by atoms with E-state index in [1.807, 2.05) is 34.9 Å². The number of rotatable bonds is 9. The molecule has 1 spiro atoms. The predicted octanol–water partition coefficient (Wildman–Crippen LogP) is 8.13. The highest BCUT2D eigenvalue weighted by Gasteiger charge is 2.43. The van der Waals surface area contributed by atoms with Gasteiger partial charge in [-0.05, 0) is 74.9 Å². The Bertz CT molecular complexity index is 2160. The number of fused-ring (bicyclic) bond motifs is 3. The van der Waals surface area contributed by atoms with Crippen LogP contribution in [0.25, 0.3) is 38.9 Å². The molecule has 8 rings (SSSR count). The second-order valence-electron chi connectivity index (χ2n) is 13.8. The van der Waals surface area contributed by atoms with E-state index in [-0.39, 0.29) is 11.3 Å². The van der Waals surface area contributed by atoms with Gasteiger partial charge in [-0.25, -0.2) is 4.98 Å². The highest BCUT2D eigenvalue weighted by molar-refractivity contribution is 6.41. The molecule has 5 heterocycles. The number of nitrogens with one attached hydrogen (secondary N) is 1. The molecule has 10 nitrogen and oxygen atoms in total. The number of nitrogens with zero attached hydrogens (tertiary/aromatic N) is 5. The largest absolute Gasteiger partial charge is 0.496 e. The van der Waals surface area contributed by atoms with Crippen LogP contribution in [0.4, 0.5) is 11.4 Å². The van der Waals surface area contributed by atoms with E-state index in [4.69, 9.17) is 47.4 Å². The SMILES string of the molecule is C=CC(=O)Nc1cc(-c2cc3c(cn2)cc(-c2c(Cl)c(OC)cc(OC)c2Cl)c2nccn23)c(OC)cc1N1CCC2(CCN(C3CC3)CC2)C1. The number of anilines is 2. The highest BCUT2D eigenvalue weighted by atomic mass is 35.5. The first-order valence-electron chi connectivity index (χ1n) is 17.3. The minimum absolute atomic E-state index is 0.273. The summed E-state index contributed by atoms with van der Waals surface area (Å²) in [5.41, 5.74) is 6.10. The molecule has 2 aliphatic heterocycles. The summed E-state index contributed by atoms with van der Waals surface area (Å²) >= 11 is 13.7. The number of ether oxygens (including phenoxy) is 3. The molecule has 3 aromatic heterocycles. The lowest BCUT2D eigenvalue weighted by Crippen LogP contribution is -2.42. The van der Waals surface area contributed by atoms with Gasteiger partial charge in [0.1, 0.15) is 22.9 Å². The van der Waals surface area contributed by atoms with Crippen LogP contribution in [-0.4, -0.2) is 78.7 Å². The third-order valence-corrected chi connectivity index (χ3v) is 11.7. The van der Waals surface area contributed by atoms with Gasteiger partial charge in [-0.3, -0.25) is 14.2 Å². The fourth-order valence-corrected chi connectivity index (χ4v) is 8.69. The molecule has 1 N–H and O–H groups in total. The van der Waals surface area contributed by atoms with E-state index >= 15 is 0 Å². The van der Waals surface area contributed by atoms with E-state index in [1.54, 1.807) is 39.8 Å². The average Bonchev–Trinajstić information content (AvgIpc) is 3.73. The number of benzene rings is 2. The van der Waals surface area contributed by atoms with Crippen molar-refractivity contribution in [2.45, 2.75) is 38.1 Å². The van der Waals surface area contributed by atoms with Crippen molar-refractivity contribution in [1.82, 2.24) is 19.3 Å².